The topological polar surface area (TPSA) is 67.6 Å². The van der Waals surface area contributed by atoms with Crippen LogP contribution in [-0.2, 0) is 0 Å². The highest BCUT2D eigenvalue weighted by Gasteiger charge is 1.61. The Morgan fingerprint density at radius 2 is 2.30 bits per heavy atom. The number of nitrogens with one attached hydrogen (secondary N) is 1. The van der Waals surface area contributed by atoms with Crippen molar-refractivity contribution in [2.45, 2.75) is 0 Å². The van der Waals surface area contributed by atoms with E-state index < -0.39 is 0 Å². The molecule has 0 atom stereocenters. The quantitative estimate of drug-likeness (QED) is 0.574. The number of nitrogens with zero attached hydrogens (tertiary/aromatic N) is 3. The molecule has 0 aliphatic carbocycles. The van der Waals surface area contributed by atoms with Gasteiger partial charge in [0.05, 0.1) is 12.5 Å². The first-order valence-corrected chi connectivity index (χ1v) is 2.64. The first kappa shape index (κ1) is 6.47. The maximum atomic E-state index is 4.22. The molecule has 2 aromatic heterocycles. The number of rotatable bonds is 0. The van der Waals surface area contributed by atoms with Gasteiger partial charge in [-0.05, 0) is 0 Å². The third kappa shape index (κ3) is 2.61. The second-order valence-electron chi connectivity index (χ2n) is 1.35. The van der Waals surface area contributed by atoms with E-state index in [1.165, 1.54) is 12.5 Å². The molecule has 2 heterocycles. The fraction of sp³-hybridized carbons (Fsp3) is 0. The van der Waals surface area contributed by atoms with Crippen LogP contribution in [0.3, 0.4) is 0 Å². The summed E-state index contributed by atoms with van der Waals surface area (Å²) in [5.74, 6) is 0. The summed E-state index contributed by atoms with van der Waals surface area (Å²) >= 11 is 0. The smallest absolute Gasteiger partial charge is 0.144 e. The molecule has 1 N–H and O–H groups in total. The molecule has 2 rings (SSSR count). The minimum atomic E-state index is 1.40. The highest BCUT2D eigenvalue weighted by molar-refractivity contribution is 4.64. The number of aromatic nitrogens is 4. The van der Waals surface area contributed by atoms with Crippen molar-refractivity contribution in [2.24, 2.45) is 0 Å². The van der Waals surface area contributed by atoms with Crippen molar-refractivity contribution in [3.63, 3.8) is 0 Å². The molecular weight excluding hydrogens is 132 g/mol. The lowest BCUT2D eigenvalue weighted by molar-refractivity contribution is 0.393. The molecule has 0 amide bonds. The van der Waals surface area contributed by atoms with E-state index in [4.69, 9.17) is 0 Å². The maximum absolute atomic E-state index is 4.22. The van der Waals surface area contributed by atoms with Gasteiger partial charge in [0.2, 0.25) is 0 Å². The second kappa shape index (κ2) is 4.25. The number of hydrogen-bond donors (Lipinski definition) is 1. The largest absolute Gasteiger partial charge is 0.351 e. The number of imidazole rings is 1. The maximum Gasteiger partial charge on any atom is 0.144 e. The van der Waals surface area contributed by atoms with Gasteiger partial charge in [-0.2, -0.15) is 0 Å². The average molecular weight is 138 g/mol. The second-order valence-corrected chi connectivity index (χ2v) is 1.35. The Hall–Kier alpha value is -1.65. The van der Waals surface area contributed by atoms with Gasteiger partial charge in [0, 0.05) is 17.7 Å². The lowest BCUT2D eigenvalue weighted by atomic mass is 11.0. The lowest BCUT2D eigenvalue weighted by Crippen LogP contribution is -1.53. The Labute approximate surface area is 57.1 Å². The van der Waals surface area contributed by atoms with Crippen LogP contribution in [0.5, 0.6) is 0 Å². The summed E-state index contributed by atoms with van der Waals surface area (Å²) in [5.41, 5.74) is 0. The van der Waals surface area contributed by atoms with Gasteiger partial charge in [-0.3, -0.25) is 0 Å². The van der Waals surface area contributed by atoms with Crippen LogP contribution in [0.25, 0.3) is 0 Å². The summed E-state index contributed by atoms with van der Waals surface area (Å²) in [7, 11) is 0. The van der Waals surface area contributed by atoms with Crippen molar-refractivity contribution < 1.29 is 4.52 Å². The van der Waals surface area contributed by atoms with Gasteiger partial charge in [-0.25, -0.2) is 4.98 Å². The van der Waals surface area contributed by atoms with Crippen molar-refractivity contribution in [3.05, 3.63) is 31.2 Å². The van der Waals surface area contributed by atoms with Crippen molar-refractivity contribution in [3.8, 4) is 0 Å². The van der Waals surface area contributed by atoms with Crippen molar-refractivity contribution in [1.29, 1.82) is 0 Å². The molecule has 0 radical (unpaired) electrons. The SMILES string of the molecule is c1c[nH]cn1.c1conn1. The Bertz CT molecular complexity index is 153. The molecule has 52 valence electrons. The molecule has 5 heteroatoms. The number of H-pyrrole nitrogens is 1. The van der Waals surface area contributed by atoms with E-state index in [-0.39, 0.29) is 0 Å². The summed E-state index contributed by atoms with van der Waals surface area (Å²) in [6, 6.07) is 0. The molecule has 0 saturated carbocycles. The molecule has 10 heavy (non-hydrogen) atoms. The zero-order valence-electron chi connectivity index (χ0n) is 5.14. The van der Waals surface area contributed by atoms with Crippen LogP contribution in [0.15, 0.2) is 35.7 Å². The molecule has 0 unspecified atom stereocenters. The third-order valence-corrected chi connectivity index (χ3v) is 0.689. The third-order valence-electron chi connectivity index (χ3n) is 0.689. The zero-order valence-corrected chi connectivity index (χ0v) is 5.14. The predicted molar refractivity (Wildman–Crippen MR) is 32.9 cm³/mol. The van der Waals surface area contributed by atoms with E-state index >= 15 is 0 Å². The summed E-state index contributed by atoms with van der Waals surface area (Å²) < 4.78 is 4.22. The highest BCUT2D eigenvalue weighted by atomic mass is 16.5. The highest BCUT2D eigenvalue weighted by Crippen LogP contribution is 1.64. The molecule has 0 bridgehead atoms. The van der Waals surface area contributed by atoms with Crippen LogP contribution in [0.1, 0.15) is 0 Å². The molecule has 5 nitrogen and oxygen atoms in total. The molecule has 0 aliphatic rings. The van der Waals surface area contributed by atoms with E-state index in [0.29, 0.717) is 0 Å². The van der Waals surface area contributed by atoms with Crippen molar-refractivity contribution >= 4 is 0 Å². The monoisotopic (exact) mass is 138 g/mol. The van der Waals surface area contributed by atoms with E-state index in [1.807, 2.05) is 0 Å². The summed E-state index contributed by atoms with van der Waals surface area (Å²) in [6.07, 6.45) is 7.96. The van der Waals surface area contributed by atoms with Crippen LogP contribution in [0.2, 0.25) is 0 Å². The normalized spacial score (nSPS) is 8.00. The van der Waals surface area contributed by atoms with Gasteiger partial charge in [-0.15, -0.1) is 5.10 Å². The van der Waals surface area contributed by atoms with Gasteiger partial charge in [0.25, 0.3) is 0 Å². The first-order valence-electron chi connectivity index (χ1n) is 2.64. The number of aromatic amines is 1. The fourth-order valence-electron chi connectivity index (χ4n) is 0.351. The molecule has 0 aliphatic heterocycles. The lowest BCUT2D eigenvalue weighted by Gasteiger charge is -1.46. The van der Waals surface area contributed by atoms with Gasteiger partial charge in [0.1, 0.15) is 6.26 Å². The van der Waals surface area contributed by atoms with E-state index in [2.05, 4.69) is 24.9 Å². The Morgan fingerprint density at radius 1 is 1.30 bits per heavy atom. The zero-order chi connectivity index (χ0) is 7.07. The van der Waals surface area contributed by atoms with Crippen LogP contribution >= 0.6 is 0 Å². The number of hydrogen-bond acceptors (Lipinski definition) is 4. The Balaban J connectivity index is 0.0000001000. The molecular formula is C5H6N4O. The van der Waals surface area contributed by atoms with Crippen LogP contribution in [-0.4, -0.2) is 20.3 Å². The minimum absolute atomic E-state index is 1.40. The summed E-state index contributed by atoms with van der Waals surface area (Å²) in [5, 5.41) is 6.40. The van der Waals surface area contributed by atoms with Gasteiger partial charge in [-0.1, -0.05) is 0 Å². The standard InChI is InChI=1S/C3H4N2.C2H2N2O/c1-2-5-3-4-1;1-2-5-4-3-1/h1-3H,(H,4,5);1-2H. The van der Waals surface area contributed by atoms with Crippen molar-refractivity contribution in [2.75, 3.05) is 0 Å². The van der Waals surface area contributed by atoms with E-state index in [1.54, 1.807) is 18.7 Å². The average Bonchev–Trinajstić information content (AvgIpc) is 2.67. The van der Waals surface area contributed by atoms with Gasteiger partial charge >= 0.3 is 0 Å². The predicted octanol–water partition coefficient (Wildman–Crippen LogP) is 0.479. The molecule has 0 aromatic carbocycles. The molecule has 0 fully saturated rings. The van der Waals surface area contributed by atoms with Crippen LogP contribution < -0.4 is 0 Å². The molecule has 0 saturated heterocycles. The minimum Gasteiger partial charge on any atom is -0.351 e. The van der Waals surface area contributed by atoms with E-state index in [0.717, 1.165) is 0 Å². The van der Waals surface area contributed by atoms with E-state index in [9.17, 15) is 0 Å². The Kier molecular flexibility index (Phi) is 2.75. The van der Waals surface area contributed by atoms with Crippen LogP contribution in [0, 0.1) is 0 Å². The Morgan fingerprint density at radius 3 is 2.50 bits per heavy atom. The van der Waals surface area contributed by atoms with Gasteiger partial charge in [0.15, 0.2) is 0 Å². The van der Waals surface area contributed by atoms with Gasteiger partial charge < -0.3 is 9.51 Å². The fourth-order valence-corrected chi connectivity index (χ4v) is 0.351. The molecule has 0 spiro atoms. The summed E-state index contributed by atoms with van der Waals surface area (Å²) in [6.45, 7) is 0. The summed E-state index contributed by atoms with van der Waals surface area (Å²) in [4.78, 5) is 6.42. The van der Waals surface area contributed by atoms with Crippen LogP contribution in [0.4, 0.5) is 0 Å². The first-order chi connectivity index (χ1) is 5.00. The molecule has 2 aromatic rings. The van der Waals surface area contributed by atoms with Crippen molar-refractivity contribution in [1.82, 2.24) is 20.3 Å².